The summed E-state index contributed by atoms with van der Waals surface area (Å²) in [5, 5.41) is 5.77. The number of thiophene rings is 1. The summed E-state index contributed by atoms with van der Waals surface area (Å²) in [6, 6.07) is 11.7. The van der Waals surface area contributed by atoms with Crippen LogP contribution in [-0.2, 0) is 11.2 Å². The first-order valence-corrected chi connectivity index (χ1v) is 9.00. The van der Waals surface area contributed by atoms with E-state index < -0.39 is 0 Å². The van der Waals surface area contributed by atoms with Crippen molar-refractivity contribution in [1.82, 2.24) is 15.3 Å². The van der Waals surface area contributed by atoms with Crippen LogP contribution >= 0.6 is 23.1 Å². The zero-order chi connectivity index (χ0) is 16.1. The van der Waals surface area contributed by atoms with Crippen LogP contribution in [0.4, 0.5) is 0 Å². The predicted molar refractivity (Wildman–Crippen MR) is 94.1 cm³/mol. The summed E-state index contributed by atoms with van der Waals surface area (Å²) < 4.78 is 0. The molecule has 2 N–H and O–H groups in total. The number of fused-ring (bicyclic) bond motifs is 1. The van der Waals surface area contributed by atoms with Gasteiger partial charge in [-0.1, -0.05) is 42.1 Å². The molecule has 0 aliphatic rings. The third-order valence-electron chi connectivity index (χ3n) is 3.23. The van der Waals surface area contributed by atoms with Crippen molar-refractivity contribution in [3.8, 4) is 0 Å². The molecule has 0 unspecified atom stereocenters. The highest BCUT2D eigenvalue weighted by atomic mass is 32.2. The Hall–Kier alpha value is -2.12. The van der Waals surface area contributed by atoms with Crippen molar-refractivity contribution in [2.75, 3.05) is 12.3 Å². The van der Waals surface area contributed by atoms with Gasteiger partial charge in [-0.15, -0.1) is 11.3 Å². The Bertz CT molecular complexity index is 858. The molecule has 0 bridgehead atoms. The van der Waals surface area contributed by atoms with Crippen molar-refractivity contribution in [2.24, 2.45) is 0 Å². The average Bonchev–Trinajstić information content (AvgIpc) is 3.03. The van der Waals surface area contributed by atoms with E-state index in [-0.39, 0.29) is 17.2 Å². The quantitative estimate of drug-likeness (QED) is 0.531. The Kier molecular flexibility index (Phi) is 5.09. The van der Waals surface area contributed by atoms with Crippen molar-refractivity contribution in [3.63, 3.8) is 0 Å². The topological polar surface area (TPSA) is 74.8 Å². The molecule has 0 fully saturated rings. The van der Waals surface area contributed by atoms with Gasteiger partial charge in [0.1, 0.15) is 4.83 Å². The highest BCUT2D eigenvalue weighted by Crippen LogP contribution is 2.18. The Morgan fingerprint density at radius 1 is 1.26 bits per heavy atom. The first-order valence-electron chi connectivity index (χ1n) is 7.13. The molecule has 0 atom stereocenters. The van der Waals surface area contributed by atoms with Crippen LogP contribution < -0.4 is 10.9 Å². The fraction of sp³-hybridized carbons (Fsp3) is 0.188. The van der Waals surface area contributed by atoms with Crippen molar-refractivity contribution < 1.29 is 4.79 Å². The number of carbonyl (C=O) groups excluding carboxylic acids is 1. The maximum Gasteiger partial charge on any atom is 0.260 e. The minimum absolute atomic E-state index is 0.0696. The van der Waals surface area contributed by atoms with Gasteiger partial charge in [0.25, 0.3) is 5.56 Å². The number of rotatable bonds is 6. The molecule has 0 saturated heterocycles. The second-order valence-electron chi connectivity index (χ2n) is 4.88. The summed E-state index contributed by atoms with van der Waals surface area (Å²) in [5.74, 6) is 0.161. The van der Waals surface area contributed by atoms with Gasteiger partial charge in [-0.3, -0.25) is 9.59 Å². The fourth-order valence-corrected chi connectivity index (χ4v) is 3.60. The van der Waals surface area contributed by atoms with E-state index in [9.17, 15) is 9.59 Å². The maximum absolute atomic E-state index is 11.9. The Morgan fingerprint density at radius 2 is 2.09 bits per heavy atom. The molecular formula is C16H15N3O2S2. The molecule has 3 rings (SSSR count). The van der Waals surface area contributed by atoms with E-state index in [0.717, 1.165) is 6.42 Å². The molecule has 1 amide bonds. The van der Waals surface area contributed by atoms with Crippen molar-refractivity contribution in [2.45, 2.75) is 11.6 Å². The van der Waals surface area contributed by atoms with Gasteiger partial charge in [-0.05, 0) is 23.4 Å². The lowest BCUT2D eigenvalue weighted by Crippen LogP contribution is -2.27. The zero-order valence-electron chi connectivity index (χ0n) is 12.2. The van der Waals surface area contributed by atoms with Crippen LogP contribution in [0.3, 0.4) is 0 Å². The van der Waals surface area contributed by atoms with Crippen LogP contribution in [0, 0.1) is 0 Å². The lowest BCUT2D eigenvalue weighted by atomic mass is 10.1. The molecule has 1 aromatic carbocycles. The van der Waals surface area contributed by atoms with E-state index in [4.69, 9.17) is 0 Å². The highest BCUT2D eigenvalue weighted by Gasteiger charge is 2.08. The van der Waals surface area contributed by atoms with Gasteiger partial charge in [0.15, 0.2) is 5.16 Å². The number of H-pyrrole nitrogens is 1. The van der Waals surface area contributed by atoms with E-state index in [1.807, 2.05) is 35.7 Å². The Labute approximate surface area is 141 Å². The van der Waals surface area contributed by atoms with Crippen molar-refractivity contribution in [1.29, 1.82) is 0 Å². The number of benzene rings is 1. The largest absolute Gasteiger partial charge is 0.355 e. The van der Waals surface area contributed by atoms with Gasteiger partial charge in [0, 0.05) is 6.54 Å². The van der Waals surface area contributed by atoms with E-state index in [2.05, 4.69) is 15.3 Å². The summed E-state index contributed by atoms with van der Waals surface area (Å²) >= 11 is 2.65. The minimum Gasteiger partial charge on any atom is -0.355 e. The van der Waals surface area contributed by atoms with Gasteiger partial charge >= 0.3 is 0 Å². The third-order valence-corrected chi connectivity index (χ3v) is 4.91. The molecule has 23 heavy (non-hydrogen) atoms. The third kappa shape index (κ3) is 4.20. The molecule has 0 aliphatic heterocycles. The van der Waals surface area contributed by atoms with Crippen LogP contribution in [0.25, 0.3) is 10.2 Å². The SMILES string of the molecule is O=C(CSc1nc2sccc2c(=O)[nH]1)NCCc1ccccc1. The normalized spacial score (nSPS) is 10.8. The lowest BCUT2D eigenvalue weighted by Gasteiger charge is -2.05. The first kappa shape index (κ1) is 15.8. The number of carbonyl (C=O) groups is 1. The number of nitrogens with zero attached hydrogens (tertiary/aromatic N) is 1. The zero-order valence-corrected chi connectivity index (χ0v) is 13.9. The first-order chi connectivity index (χ1) is 11.2. The fourth-order valence-electron chi connectivity index (χ4n) is 2.09. The molecule has 7 heteroatoms. The van der Waals surface area contributed by atoms with Crippen LogP contribution in [0.15, 0.2) is 51.7 Å². The Balaban J connectivity index is 1.49. The summed E-state index contributed by atoms with van der Waals surface area (Å²) in [5.41, 5.74) is 1.03. The average molecular weight is 345 g/mol. The lowest BCUT2D eigenvalue weighted by molar-refractivity contribution is -0.118. The highest BCUT2D eigenvalue weighted by molar-refractivity contribution is 7.99. The number of aromatic amines is 1. The van der Waals surface area contributed by atoms with Gasteiger partial charge in [0.2, 0.25) is 5.91 Å². The second-order valence-corrected chi connectivity index (χ2v) is 6.74. The molecule has 0 aliphatic carbocycles. The number of hydrogen-bond acceptors (Lipinski definition) is 5. The molecule has 3 aromatic rings. The Morgan fingerprint density at radius 3 is 2.91 bits per heavy atom. The number of amides is 1. The number of hydrogen-bond donors (Lipinski definition) is 2. The van der Waals surface area contributed by atoms with Crippen molar-refractivity contribution >= 4 is 39.2 Å². The monoisotopic (exact) mass is 345 g/mol. The molecule has 118 valence electrons. The van der Waals surface area contributed by atoms with E-state index in [1.54, 1.807) is 6.07 Å². The molecule has 5 nitrogen and oxygen atoms in total. The molecule has 2 aromatic heterocycles. The van der Waals surface area contributed by atoms with E-state index in [1.165, 1.54) is 28.7 Å². The van der Waals surface area contributed by atoms with Crippen LogP contribution in [-0.4, -0.2) is 28.2 Å². The number of nitrogens with one attached hydrogen (secondary N) is 2. The molecule has 0 radical (unpaired) electrons. The standard InChI is InChI=1S/C16H15N3O2S2/c20-13(17-8-6-11-4-2-1-3-5-11)10-23-16-18-14(21)12-7-9-22-15(12)19-16/h1-5,7,9H,6,8,10H2,(H,17,20)(H,18,19,21). The van der Waals surface area contributed by atoms with Gasteiger partial charge < -0.3 is 10.3 Å². The molecule has 0 spiro atoms. The molecule has 2 heterocycles. The number of aromatic nitrogens is 2. The van der Waals surface area contributed by atoms with Crippen LogP contribution in [0.1, 0.15) is 5.56 Å². The molecular weight excluding hydrogens is 330 g/mol. The van der Waals surface area contributed by atoms with Crippen molar-refractivity contribution in [3.05, 3.63) is 57.7 Å². The van der Waals surface area contributed by atoms with E-state index >= 15 is 0 Å². The minimum atomic E-state index is -0.164. The summed E-state index contributed by atoms with van der Waals surface area (Å²) in [6.45, 7) is 0.595. The van der Waals surface area contributed by atoms with E-state index in [0.29, 0.717) is 21.9 Å². The predicted octanol–water partition coefficient (Wildman–Crippen LogP) is 2.44. The summed E-state index contributed by atoms with van der Waals surface area (Å²) in [6.07, 6.45) is 0.799. The number of thioether (sulfide) groups is 1. The second kappa shape index (κ2) is 7.43. The summed E-state index contributed by atoms with van der Waals surface area (Å²) in [7, 11) is 0. The summed E-state index contributed by atoms with van der Waals surface area (Å²) in [4.78, 5) is 31.4. The molecule has 0 saturated carbocycles. The van der Waals surface area contributed by atoms with Crippen LogP contribution in [0.5, 0.6) is 0 Å². The maximum atomic E-state index is 11.9. The van der Waals surface area contributed by atoms with Gasteiger partial charge in [-0.2, -0.15) is 0 Å². The van der Waals surface area contributed by atoms with Gasteiger partial charge in [-0.25, -0.2) is 4.98 Å². The van der Waals surface area contributed by atoms with Crippen LogP contribution in [0.2, 0.25) is 0 Å². The van der Waals surface area contributed by atoms with Gasteiger partial charge in [0.05, 0.1) is 11.1 Å². The smallest absolute Gasteiger partial charge is 0.260 e.